The van der Waals surface area contributed by atoms with Crippen molar-refractivity contribution in [3.8, 4) is 0 Å². The SMILES string of the molecule is Cc1nc(CN2CCOC[C@]3(CNCCO3)C2)cs1. The number of thiazole rings is 1. The molecule has 3 heterocycles. The molecule has 5 nitrogen and oxygen atoms in total. The van der Waals surface area contributed by atoms with Gasteiger partial charge in [0, 0.05) is 38.1 Å². The number of aryl methyl sites for hydroxylation is 1. The fourth-order valence-corrected chi connectivity index (χ4v) is 3.33. The quantitative estimate of drug-likeness (QED) is 0.863. The molecule has 6 heteroatoms. The molecule has 0 unspecified atom stereocenters. The summed E-state index contributed by atoms with van der Waals surface area (Å²) in [4.78, 5) is 6.95. The summed E-state index contributed by atoms with van der Waals surface area (Å²) in [6.07, 6.45) is 0. The first-order valence-corrected chi connectivity index (χ1v) is 7.70. The minimum absolute atomic E-state index is 0.181. The molecule has 2 aliphatic heterocycles. The van der Waals surface area contributed by atoms with Gasteiger partial charge in [-0.05, 0) is 6.92 Å². The predicted octanol–water partition coefficient (Wildman–Crippen LogP) is 0.642. The van der Waals surface area contributed by atoms with Crippen molar-refractivity contribution in [2.75, 3.05) is 46.0 Å². The second kappa shape index (κ2) is 5.85. The fourth-order valence-electron chi connectivity index (χ4n) is 2.73. The van der Waals surface area contributed by atoms with Gasteiger partial charge in [0.15, 0.2) is 0 Å². The highest BCUT2D eigenvalue weighted by Gasteiger charge is 2.37. The molecule has 3 rings (SSSR count). The van der Waals surface area contributed by atoms with E-state index in [-0.39, 0.29) is 5.60 Å². The molecule has 2 saturated heterocycles. The monoisotopic (exact) mass is 283 g/mol. The minimum Gasteiger partial charge on any atom is -0.377 e. The molecule has 1 aromatic heterocycles. The second-order valence-corrected chi connectivity index (χ2v) is 6.39. The van der Waals surface area contributed by atoms with Crippen molar-refractivity contribution in [3.63, 3.8) is 0 Å². The molecule has 1 aromatic rings. The third-order valence-corrected chi connectivity index (χ3v) is 4.44. The van der Waals surface area contributed by atoms with Crippen LogP contribution in [0.2, 0.25) is 0 Å². The fraction of sp³-hybridized carbons (Fsp3) is 0.769. The van der Waals surface area contributed by atoms with Crippen molar-refractivity contribution in [3.05, 3.63) is 16.1 Å². The lowest BCUT2D eigenvalue weighted by Gasteiger charge is -2.38. The van der Waals surface area contributed by atoms with Crippen LogP contribution < -0.4 is 5.32 Å². The van der Waals surface area contributed by atoms with Gasteiger partial charge in [-0.25, -0.2) is 4.98 Å². The lowest BCUT2D eigenvalue weighted by molar-refractivity contribution is -0.108. The zero-order chi connectivity index (χ0) is 13.1. The highest BCUT2D eigenvalue weighted by Crippen LogP contribution is 2.20. The van der Waals surface area contributed by atoms with Crippen LogP contribution in [0.4, 0.5) is 0 Å². The summed E-state index contributed by atoms with van der Waals surface area (Å²) in [5.41, 5.74) is 0.975. The Morgan fingerprint density at radius 1 is 1.53 bits per heavy atom. The molecule has 0 bridgehead atoms. The van der Waals surface area contributed by atoms with E-state index in [1.165, 1.54) is 0 Å². The smallest absolute Gasteiger partial charge is 0.116 e. The minimum atomic E-state index is -0.181. The van der Waals surface area contributed by atoms with Gasteiger partial charge in [-0.3, -0.25) is 4.90 Å². The summed E-state index contributed by atoms with van der Waals surface area (Å²) in [7, 11) is 0. The van der Waals surface area contributed by atoms with E-state index in [4.69, 9.17) is 9.47 Å². The van der Waals surface area contributed by atoms with Crippen molar-refractivity contribution >= 4 is 11.3 Å². The Morgan fingerprint density at radius 2 is 2.47 bits per heavy atom. The number of hydrogen-bond acceptors (Lipinski definition) is 6. The van der Waals surface area contributed by atoms with Gasteiger partial charge in [-0.1, -0.05) is 0 Å². The van der Waals surface area contributed by atoms with E-state index in [0.29, 0.717) is 6.61 Å². The Kier molecular flexibility index (Phi) is 4.14. The molecule has 1 spiro atoms. The van der Waals surface area contributed by atoms with E-state index in [1.54, 1.807) is 11.3 Å². The van der Waals surface area contributed by atoms with Crippen LogP contribution in [-0.2, 0) is 16.0 Å². The Balaban J connectivity index is 1.67. The molecule has 1 N–H and O–H groups in total. The van der Waals surface area contributed by atoms with Crippen LogP contribution in [0.15, 0.2) is 5.38 Å². The average Bonchev–Trinajstić information content (AvgIpc) is 2.71. The molecular formula is C13H21N3O2S. The van der Waals surface area contributed by atoms with Crippen LogP contribution in [0.3, 0.4) is 0 Å². The number of aromatic nitrogens is 1. The summed E-state index contributed by atoms with van der Waals surface area (Å²) in [5.74, 6) is 0. The van der Waals surface area contributed by atoms with E-state index >= 15 is 0 Å². The average molecular weight is 283 g/mol. The summed E-state index contributed by atoms with van der Waals surface area (Å²) < 4.78 is 11.7. The molecule has 0 aliphatic carbocycles. The summed E-state index contributed by atoms with van der Waals surface area (Å²) in [5, 5.41) is 6.69. The van der Waals surface area contributed by atoms with E-state index < -0.39 is 0 Å². The van der Waals surface area contributed by atoms with Crippen LogP contribution in [0.5, 0.6) is 0 Å². The molecule has 0 saturated carbocycles. The molecule has 2 fully saturated rings. The molecule has 0 radical (unpaired) electrons. The number of nitrogens with zero attached hydrogens (tertiary/aromatic N) is 2. The summed E-state index contributed by atoms with van der Waals surface area (Å²) in [6, 6.07) is 0. The molecule has 19 heavy (non-hydrogen) atoms. The standard InChI is InChI=1S/C13H21N3O2S/c1-11-15-12(7-19-11)6-16-3-5-17-10-13(9-16)8-14-2-4-18-13/h7,14H,2-6,8-10H2,1H3/t13-/m0/s1. The number of rotatable bonds is 2. The molecule has 0 amide bonds. The van der Waals surface area contributed by atoms with Crippen LogP contribution in [0.1, 0.15) is 10.7 Å². The van der Waals surface area contributed by atoms with Gasteiger partial charge >= 0.3 is 0 Å². The van der Waals surface area contributed by atoms with Crippen LogP contribution >= 0.6 is 11.3 Å². The van der Waals surface area contributed by atoms with E-state index in [1.807, 2.05) is 0 Å². The first kappa shape index (κ1) is 13.5. The van der Waals surface area contributed by atoms with E-state index in [9.17, 15) is 0 Å². The van der Waals surface area contributed by atoms with Crippen molar-refractivity contribution in [1.82, 2.24) is 15.2 Å². The maximum atomic E-state index is 6.01. The van der Waals surface area contributed by atoms with Gasteiger partial charge in [0.2, 0.25) is 0 Å². The second-order valence-electron chi connectivity index (χ2n) is 5.33. The number of morpholine rings is 1. The Morgan fingerprint density at radius 3 is 3.21 bits per heavy atom. The van der Waals surface area contributed by atoms with Gasteiger partial charge in [0.25, 0.3) is 0 Å². The molecule has 2 aliphatic rings. The van der Waals surface area contributed by atoms with E-state index in [2.05, 4.69) is 27.5 Å². The third kappa shape index (κ3) is 3.32. The highest BCUT2D eigenvalue weighted by atomic mass is 32.1. The largest absolute Gasteiger partial charge is 0.377 e. The van der Waals surface area contributed by atoms with E-state index in [0.717, 1.165) is 56.6 Å². The van der Waals surface area contributed by atoms with Gasteiger partial charge in [0.1, 0.15) is 5.60 Å². The first-order valence-electron chi connectivity index (χ1n) is 6.82. The predicted molar refractivity (Wildman–Crippen MR) is 74.5 cm³/mol. The third-order valence-electron chi connectivity index (χ3n) is 3.62. The molecular weight excluding hydrogens is 262 g/mol. The van der Waals surface area contributed by atoms with Crippen molar-refractivity contribution in [2.24, 2.45) is 0 Å². The Labute approximate surface area is 117 Å². The topological polar surface area (TPSA) is 46.6 Å². The zero-order valence-corrected chi connectivity index (χ0v) is 12.2. The first-order chi connectivity index (χ1) is 9.26. The molecule has 1 atom stereocenters. The molecule has 106 valence electrons. The Hall–Kier alpha value is -0.530. The van der Waals surface area contributed by atoms with Gasteiger partial charge < -0.3 is 14.8 Å². The van der Waals surface area contributed by atoms with Crippen molar-refractivity contribution in [2.45, 2.75) is 19.1 Å². The van der Waals surface area contributed by atoms with Gasteiger partial charge in [-0.2, -0.15) is 0 Å². The maximum absolute atomic E-state index is 6.01. The van der Waals surface area contributed by atoms with Crippen LogP contribution in [-0.4, -0.2) is 61.5 Å². The number of hydrogen-bond donors (Lipinski definition) is 1. The summed E-state index contributed by atoms with van der Waals surface area (Å²) >= 11 is 1.71. The van der Waals surface area contributed by atoms with Crippen molar-refractivity contribution in [1.29, 1.82) is 0 Å². The lowest BCUT2D eigenvalue weighted by Crippen LogP contribution is -2.57. The van der Waals surface area contributed by atoms with Gasteiger partial charge in [0.05, 0.1) is 30.5 Å². The normalized spacial score (nSPS) is 29.5. The van der Waals surface area contributed by atoms with Crippen LogP contribution in [0, 0.1) is 6.92 Å². The highest BCUT2D eigenvalue weighted by molar-refractivity contribution is 7.09. The molecule has 0 aromatic carbocycles. The van der Waals surface area contributed by atoms with Crippen molar-refractivity contribution < 1.29 is 9.47 Å². The Bertz CT molecular complexity index is 418. The maximum Gasteiger partial charge on any atom is 0.116 e. The summed E-state index contributed by atoms with van der Waals surface area (Å²) in [6.45, 7) is 8.84. The van der Waals surface area contributed by atoms with Gasteiger partial charge in [-0.15, -0.1) is 11.3 Å². The number of ether oxygens (including phenoxy) is 2. The number of nitrogens with one attached hydrogen (secondary N) is 1. The zero-order valence-electron chi connectivity index (χ0n) is 11.4. The lowest BCUT2D eigenvalue weighted by atomic mass is 10.0. The van der Waals surface area contributed by atoms with Crippen LogP contribution in [0.25, 0.3) is 0 Å².